The Morgan fingerprint density at radius 2 is 1.90 bits per heavy atom. The summed E-state index contributed by atoms with van der Waals surface area (Å²) in [5, 5.41) is 5.59. The SMILES string of the molecule is c1cnc(NCCCSc2nc(-c3cnccn3)nc3sc4c(c23)CCCC4)nc1. The van der Waals surface area contributed by atoms with Crippen molar-refractivity contribution in [3.05, 3.63) is 47.5 Å². The molecule has 0 amide bonds. The van der Waals surface area contributed by atoms with E-state index < -0.39 is 0 Å². The second-order valence-corrected chi connectivity index (χ2v) is 9.20. The highest BCUT2D eigenvalue weighted by molar-refractivity contribution is 7.99. The van der Waals surface area contributed by atoms with E-state index in [1.165, 1.54) is 28.7 Å². The molecule has 152 valence electrons. The minimum Gasteiger partial charge on any atom is -0.354 e. The summed E-state index contributed by atoms with van der Waals surface area (Å²) >= 11 is 3.62. The van der Waals surface area contributed by atoms with E-state index in [0.717, 1.165) is 47.1 Å². The maximum atomic E-state index is 4.92. The van der Waals surface area contributed by atoms with Gasteiger partial charge in [-0.05, 0) is 43.7 Å². The lowest BCUT2D eigenvalue weighted by molar-refractivity contribution is 0.699. The van der Waals surface area contributed by atoms with Gasteiger partial charge in [-0.3, -0.25) is 4.98 Å². The molecule has 0 bridgehead atoms. The third-order valence-electron chi connectivity index (χ3n) is 4.98. The monoisotopic (exact) mass is 435 g/mol. The molecule has 0 saturated heterocycles. The molecule has 0 radical (unpaired) electrons. The number of nitrogens with one attached hydrogen (secondary N) is 1. The maximum absolute atomic E-state index is 4.92. The molecule has 4 heterocycles. The zero-order valence-electron chi connectivity index (χ0n) is 16.4. The minimum atomic E-state index is 0.660. The predicted octanol–water partition coefficient (Wildman–Crippen LogP) is 4.41. The van der Waals surface area contributed by atoms with Crippen molar-refractivity contribution in [2.45, 2.75) is 37.1 Å². The molecule has 0 spiro atoms. The van der Waals surface area contributed by atoms with Gasteiger partial charge in [0.05, 0.1) is 6.20 Å². The summed E-state index contributed by atoms with van der Waals surface area (Å²) in [4.78, 5) is 29.3. The molecule has 4 aromatic heterocycles. The number of aryl methyl sites for hydroxylation is 2. The number of fused-ring (bicyclic) bond motifs is 3. The third-order valence-corrected chi connectivity index (χ3v) is 7.23. The van der Waals surface area contributed by atoms with Crippen LogP contribution in [0.1, 0.15) is 29.7 Å². The molecule has 1 aliphatic rings. The fourth-order valence-electron chi connectivity index (χ4n) is 3.59. The van der Waals surface area contributed by atoms with Gasteiger partial charge in [-0.25, -0.2) is 24.9 Å². The predicted molar refractivity (Wildman–Crippen MR) is 121 cm³/mol. The molecule has 0 fully saturated rings. The highest BCUT2D eigenvalue weighted by atomic mass is 32.2. The summed E-state index contributed by atoms with van der Waals surface area (Å²) in [5.74, 6) is 2.28. The van der Waals surface area contributed by atoms with Gasteiger partial charge < -0.3 is 5.32 Å². The molecule has 5 rings (SSSR count). The first-order chi connectivity index (χ1) is 14.9. The molecule has 0 atom stereocenters. The standard InChI is InChI=1S/C21H21N7S2/c1-2-6-16-14(5-1)17-19(29-12-4-9-26-21-24-7-3-8-25-21)27-18(28-20(17)30-16)15-13-22-10-11-23-15/h3,7-8,10-11,13H,1-2,4-6,9,12H2,(H,24,25,26). The van der Waals surface area contributed by atoms with E-state index in [0.29, 0.717) is 11.8 Å². The number of nitrogens with zero attached hydrogens (tertiary/aromatic N) is 6. The van der Waals surface area contributed by atoms with Crippen LogP contribution in [0.2, 0.25) is 0 Å². The Bertz CT molecular complexity index is 1130. The molecule has 0 aliphatic heterocycles. The molecule has 7 nitrogen and oxygen atoms in total. The van der Waals surface area contributed by atoms with E-state index in [1.807, 2.05) is 17.4 Å². The molecule has 1 aliphatic carbocycles. The second kappa shape index (κ2) is 9.01. The van der Waals surface area contributed by atoms with Crippen molar-refractivity contribution >= 4 is 39.3 Å². The topological polar surface area (TPSA) is 89.4 Å². The Kier molecular flexibility index (Phi) is 5.80. The lowest BCUT2D eigenvalue weighted by Gasteiger charge is -2.12. The molecule has 30 heavy (non-hydrogen) atoms. The van der Waals surface area contributed by atoms with Crippen molar-refractivity contribution < 1.29 is 0 Å². The summed E-state index contributed by atoms with van der Waals surface area (Å²) in [5.41, 5.74) is 2.18. The Morgan fingerprint density at radius 1 is 1.00 bits per heavy atom. The number of thioether (sulfide) groups is 1. The first kappa shape index (κ1) is 19.3. The van der Waals surface area contributed by atoms with Gasteiger partial charge in [0.2, 0.25) is 5.95 Å². The van der Waals surface area contributed by atoms with E-state index in [1.54, 1.807) is 42.7 Å². The average molecular weight is 436 g/mol. The van der Waals surface area contributed by atoms with E-state index in [-0.39, 0.29) is 0 Å². The van der Waals surface area contributed by atoms with Crippen LogP contribution in [0.25, 0.3) is 21.7 Å². The lowest BCUT2D eigenvalue weighted by Crippen LogP contribution is -2.06. The molecule has 0 saturated carbocycles. The number of aromatic nitrogens is 6. The van der Waals surface area contributed by atoms with Gasteiger partial charge in [-0.15, -0.1) is 23.1 Å². The summed E-state index contributed by atoms with van der Waals surface area (Å²) in [6.45, 7) is 0.823. The zero-order valence-corrected chi connectivity index (χ0v) is 18.0. The number of hydrogen-bond acceptors (Lipinski definition) is 9. The van der Waals surface area contributed by atoms with Crippen molar-refractivity contribution in [1.29, 1.82) is 0 Å². The van der Waals surface area contributed by atoms with Crippen LogP contribution in [0.5, 0.6) is 0 Å². The highest BCUT2D eigenvalue weighted by Gasteiger charge is 2.22. The fourth-order valence-corrected chi connectivity index (χ4v) is 5.91. The number of hydrogen-bond donors (Lipinski definition) is 1. The van der Waals surface area contributed by atoms with Crippen molar-refractivity contribution in [1.82, 2.24) is 29.9 Å². The van der Waals surface area contributed by atoms with Crippen LogP contribution in [-0.2, 0) is 12.8 Å². The van der Waals surface area contributed by atoms with Gasteiger partial charge in [0.25, 0.3) is 0 Å². The Hall–Kier alpha value is -2.65. The van der Waals surface area contributed by atoms with E-state index in [2.05, 4.69) is 25.3 Å². The van der Waals surface area contributed by atoms with E-state index >= 15 is 0 Å². The summed E-state index contributed by atoms with van der Waals surface area (Å²) < 4.78 is 0. The largest absolute Gasteiger partial charge is 0.354 e. The van der Waals surface area contributed by atoms with Crippen molar-refractivity contribution in [3.8, 4) is 11.5 Å². The van der Waals surface area contributed by atoms with Crippen LogP contribution < -0.4 is 5.32 Å². The van der Waals surface area contributed by atoms with Crippen LogP contribution in [0.3, 0.4) is 0 Å². The number of rotatable bonds is 7. The Balaban J connectivity index is 1.38. The van der Waals surface area contributed by atoms with Crippen LogP contribution in [0, 0.1) is 0 Å². The van der Waals surface area contributed by atoms with Crippen LogP contribution in [-0.4, -0.2) is 42.2 Å². The lowest BCUT2D eigenvalue weighted by atomic mass is 9.97. The van der Waals surface area contributed by atoms with Gasteiger partial charge >= 0.3 is 0 Å². The first-order valence-corrected chi connectivity index (χ1v) is 11.9. The third kappa shape index (κ3) is 4.13. The van der Waals surface area contributed by atoms with Gasteiger partial charge in [0.15, 0.2) is 5.82 Å². The molecule has 1 N–H and O–H groups in total. The first-order valence-electron chi connectivity index (χ1n) is 10.1. The zero-order chi connectivity index (χ0) is 20.2. The smallest absolute Gasteiger partial charge is 0.222 e. The van der Waals surface area contributed by atoms with Gasteiger partial charge in [0, 0.05) is 47.3 Å². The number of anilines is 1. The summed E-state index contributed by atoms with van der Waals surface area (Å²) in [6, 6.07) is 1.82. The fraction of sp³-hybridized carbons (Fsp3) is 0.333. The van der Waals surface area contributed by atoms with Crippen LogP contribution >= 0.6 is 23.1 Å². The highest BCUT2D eigenvalue weighted by Crippen LogP contribution is 2.40. The Labute approximate surface area is 182 Å². The van der Waals surface area contributed by atoms with Gasteiger partial charge in [0.1, 0.15) is 15.6 Å². The second-order valence-electron chi connectivity index (χ2n) is 7.04. The molecular formula is C21H21N7S2. The van der Waals surface area contributed by atoms with Crippen LogP contribution in [0.15, 0.2) is 42.1 Å². The molecule has 0 aromatic carbocycles. The van der Waals surface area contributed by atoms with E-state index in [4.69, 9.17) is 9.97 Å². The summed E-state index contributed by atoms with van der Waals surface area (Å²) in [7, 11) is 0. The van der Waals surface area contributed by atoms with Gasteiger partial charge in [-0.1, -0.05) is 0 Å². The Morgan fingerprint density at radius 3 is 2.77 bits per heavy atom. The number of thiophene rings is 1. The molecule has 0 unspecified atom stereocenters. The van der Waals surface area contributed by atoms with Crippen molar-refractivity contribution in [3.63, 3.8) is 0 Å². The average Bonchev–Trinajstić information content (AvgIpc) is 3.19. The van der Waals surface area contributed by atoms with Crippen LogP contribution in [0.4, 0.5) is 5.95 Å². The van der Waals surface area contributed by atoms with Crippen molar-refractivity contribution in [2.24, 2.45) is 0 Å². The summed E-state index contributed by atoms with van der Waals surface area (Å²) in [6.07, 6.45) is 14.4. The van der Waals surface area contributed by atoms with Crippen molar-refractivity contribution in [2.75, 3.05) is 17.6 Å². The quantitative estimate of drug-likeness (QED) is 0.259. The molecule has 9 heteroatoms. The van der Waals surface area contributed by atoms with E-state index in [9.17, 15) is 0 Å². The molecular weight excluding hydrogens is 414 g/mol. The van der Waals surface area contributed by atoms with Gasteiger partial charge in [-0.2, -0.15) is 0 Å². The minimum absolute atomic E-state index is 0.660. The molecule has 4 aromatic rings. The maximum Gasteiger partial charge on any atom is 0.222 e. The normalized spacial score (nSPS) is 13.3.